The zero-order valence-electron chi connectivity index (χ0n) is 9.28. The van der Waals surface area contributed by atoms with Crippen LogP contribution in [0.25, 0.3) is 0 Å². The van der Waals surface area contributed by atoms with Gasteiger partial charge in [0.15, 0.2) is 0 Å². The molecule has 5 nitrogen and oxygen atoms in total. The minimum atomic E-state index is -0.449. The van der Waals surface area contributed by atoms with Crippen molar-refractivity contribution in [2.75, 3.05) is 13.7 Å². The number of esters is 1. The van der Waals surface area contributed by atoms with Gasteiger partial charge in [0.05, 0.1) is 13.7 Å². The number of carbonyl (C=O) groups is 2. The maximum absolute atomic E-state index is 11.0. The number of unbranched alkanes of at least 4 members (excludes halogenated alkanes) is 1. The third kappa shape index (κ3) is 9.21. The maximum atomic E-state index is 11.0. The summed E-state index contributed by atoms with van der Waals surface area (Å²) in [5, 5.41) is 0. The van der Waals surface area contributed by atoms with E-state index in [-0.39, 0.29) is 18.8 Å². The van der Waals surface area contributed by atoms with Gasteiger partial charge in [-0.2, -0.15) is 4.89 Å². The van der Waals surface area contributed by atoms with Crippen LogP contribution >= 0.6 is 0 Å². The first-order valence-corrected chi connectivity index (χ1v) is 5.09. The Balaban J connectivity index is 3.29. The molecule has 0 unspecified atom stereocenters. The molecule has 0 amide bonds. The highest BCUT2D eigenvalue weighted by atomic mass is 17.2. The first-order chi connectivity index (χ1) is 7.20. The Morgan fingerprint density at radius 3 is 2.33 bits per heavy atom. The number of methoxy groups -OCH3 is 1. The molecule has 0 spiro atoms. The number of ether oxygens (including phenoxy) is 1. The molecule has 0 aliphatic heterocycles. The van der Waals surface area contributed by atoms with Crippen LogP contribution in [0, 0.1) is 0 Å². The average molecular weight is 218 g/mol. The van der Waals surface area contributed by atoms with Gasteiger partial charge in [0.2, 0.25) is 0 Å². The molecule has 0 bridgehead atoms. The minimum absolute atomic E-state index is 0.168. The molecule has 88 valence electrons. The summed E-state index contributed by atoms with van der Waals surface area (Å²) in [7, 11) is 1.31. The topological polar surface area (TPSA) is 61.8 Å². The average Bonchev–Trinajstić information content (AvgIpc) is 2.24. The van der Waals surface area contributed by atoms with Crippen molar-refractivity contribution in [3.05, 3.63) is 0 Å². The number of hydrogen-bond acceptors (Lipinski definition) is 5. The van der Waals surface area contributed by atoms with Crippen LogP contribution in [0.1, 0.15) is 39.0 Å². The van der Waals surface area contributed by atoms with E-state index in [9.17, 15) is 9.59 Å². The van der Waals surface area contributed by atoms with Crippen molar-refractivity contribution in [3.63, 3.8) is 0 Å². The highest BCUT2D eigenvalue weighted by Gasteiger charge is 2.06. The van der Waals surface area contributed by atoms with Gasteiger partial charge in [0.25, 0.3) is 0 Å². The maximum Gasteiger partial charge on any atom is 0.342 e. The van der Waals surface area contributed by atoms with Crippen LogP contribution in [0.15, 0.2) is 0 Å². The SMILES string of the molecule is CCCCOOC(=O)CCCC(=O)OC. The molecule has 0 aromatic rings. The normalized spacial score (nSPS) is 9.73. The van der Waals surface area contributed by atoms with Crippen molar-refractivity contribution in [2.45, 2.75) is 39.0 Å². The molecule has 0 fully saturated rings. The minimum Gasteiger partial charge on any atom is -0.469 e. The third-order valence-electron chi connectivity index (χ3n) is 1.72. The Morgan fingerprint density at radius 2 is 1.73 bits per heavy atom. The second-order valence-corrected chi connectivity index (χ2v) is 3.06. The Hall–Kier alpha value is -1.10. The van der Waals surface area contributed by atoms with Crippen LogP contribution in [0.3, 0.4) is 0 Å². The van der Waals surface area contributed by atoms with Crippen LogP contribution < -0.4 is 0 Å². The smallest absolute Gasteiger partial charge is 0.342 e. The van der Waals surface area contributed by atoms with Gasteiger partial charge in [-0.25, -0.2) is 4.79 Å². The van der Waals surface area contributed by atoms with Crippen molar-refractivity contribution >= 4 is 11.9 Å². The second kappa shape index (κ2) is 9.45. The molecule has 15 heavy (non-hydrogen) atoms. The number of rotatable bonds is 8. The van der Waals surface area contributed by atoms with Crippen molar-refractivity contribution in [1.82, 2.24) is 0 Å². The van der Waals surface area contributed by atoms with Gasteiger partial charge in [-0.1, -0.05) is 13.3 Å². The van der Waals surface area contributed by atoms with Gasteiger partial charge >= 0.3 is 11.9 Å². The van der Waals surface area contributed by atoms with Crippen LogP contribution in [-0.2, 0) is 24.1 Å². The van der Waals surface area contributed by atoms with Crippen LogP contribution in [0.2, 0.25) is 0 Å². The summed E-state index contributed by atoms with van der Waals surface area (Å²) in [6.45, 7) is 2.43. The fourth-order valence-electron chi connectivity index (χ4n) is 0.831. The largest absolute Gasteiger partial charge is 0.469 e. The fraction of sp³-hybridized carbons (Fsp3) is 0.800. The molecule has 0 radical (unpaired) electrons. The monoisotopic (exact) mass is 218 g/mol. The molecule has 0 aliphatic carbocycles. The van der Waals surface area contributed by atoms with E-state index in [0.29, 0.717) is 13.0 Å². The molecule has 5 heteroatoms. The Morgan fingerprint density at radius 1 is 1.07 bits per heavy atom. The summed E-state index contributed by atoms with van der Waals surface area (Å²) in [5.74, 6) is -0.773. The van der Waals surface area contributed by atoms with E-state index in [4.69, 9.17) is 0 Å². The van der Waals surface area contributed by atoms with Crippen molar-refractivity contribution in [2.24, 2.45) is 0 Å². The van der Waals surface area contributed by atoms with Gasteiger partial charge in [-0.15, -0.1) is 0 Å². The van der Waals surface area contributed by atoms with Crippen molar-refractivity contribution in [1.29, 1.82) is 0 Å². The van der Waals surface area contributed by atoms with E-state index in [1.165, 1.54) is 7.11 Å². The lowest BCUT2D eigenvalue weighted by molar-refractivity contribution is -0.272. The summed E-state index contributed by atoms with van der Waals surface area (Å²) in [6, 6.07) is 0. The highest BCUT2D eigenvalue weighted by Crippen LogP contribution is 2.00. The van der Waals surface area contributed by atoms with Gasteiger partial charge in [0.1, 0.15) is 0 Å². The van der Waals surface area contributed by atoms with Gasteiger partial charge < -0.3 is 4.74 Å². The van der Waals surface area contributed by atoms with E-state index in [1.54, 1.807) is 0 Å². The summed E-state index contributed by atoms with van der Waals surface area (Å²) in [6.07, 6.45) is 2.65. The lowest BCUT2D eigenvalue weighted by atomic mass is 10.2. The molecule has 0 aromatic carbocycles. The first-order valence-electron chi connectivity index (χ1n) is 5.09. The predicted molar refractivity (Wildman–Crippen MR) is 52.8 cm³/mol. The Kier molecular flexibility index (Phi) is 8.76. The lowest BCUT2D eigenvalue weighted by Crippen LogP contribution is -2.08. The van der Waals surface area contributed by atoms with Crippen LogP contribution in [-0.4, -0.2) is 25.7 Å². The predicted octanol–water partition coefficient (Wildman–Crippen LogP) is 1.60. The zero-order chi connectivity index (χ0) is 11.5. The molecule has 0 saturated carbocycles. The van der Waals surface area contributed by atoms with E-state index >= 15 is 0 Å². The molecule has 0 N–H and O–H groups in total. The standard InChI is InChI=1S/C10H18O5/c1-3-4-8-14-15-10(12)7-5-6-9(11)13-2/h3-8H2,1-2H3. The van der Waals surface area contributed by atoms with Crippen molar-refractivity contribution < 1.29 is 24.1 Å². The molecule has 0 rings (SSSR count). The van der Waals surface area contributed by atoms with Crippen LogP contribution in [0.4, 0.5) is 0 Å². The highest BCUT2D eigenvalue weighted by molar-refractivity contribution is 5.72. The molecular formula is C10H18O5. The van der Waals surface area contributed by atoms with Crippen LogP contribution in [0.5, 0.6) is 0 Å². The van der Waals surface area contributed by atoms with Gasteiger partial charge in [-0.3, -0.25) is 9.68 Å². The molecule has 0 saturated heterocycles. The van der Waals surface area contributed by atoms with E-state index in [0.717, 1.165) is 12.8 Å². The fourth-order valence-corrected chi connectivity index (χ4v) is 0.831. The molecule has 0 heterocycles. The molecule has 0 aromatic heterocycles. The second-order valence-electron chi connectivity index (χ2n) is 3.06. The van der Waals surface area contributed by atoms with E-state index in [1.807, 2.05) is 6.92 Å². The molecule has 0 atom stereocenters. The first kappa shape index (κ1) is 13.9. The summed E-state index contributed by atoms with van der Waals surface area (Å²) in [5.41, 5.74) is 0. The van der Waals surface area contributed by atoms with Gasteiger partial charge in [-0.05, 0) is 12.8 Å². The van der Waals surface area contributed by atoms with Crippen molar-refractivity contribution in [3.8, 4) is 0 Å². The molecule has 0 aliphatic rings. The number of hydrogen-bond donors (Lipinski definition) is 0. The van der Waals surface area contributed by atoms with E-state index in [2.05, 4.69) is 14.5 Å². The summed E-state index contributed by atoms with van der Waals surface area (Å²) in [4.78, 5) is 30.8. The van der Waals surface area contributed by atoms with E-state index < -0.39 is 5.97 Å². The quantitative estimate of drug-likeness (QED) is 0.268. The summed E-state index contributed by atoms with van der Waals surface area (Å²) < 4.78 is 4.42. The van der Waals surface area contributed by atoms with Gasteiger partial charge in [0, 0.05) is 12.8 Å². The Bertz CT molecular complexity index is 190. The molecular weight excluding hydrogens is 200 g/mol. The summed E-state index contributed by atoms with van der Waals surface area (Å²) >= 11 is 0. The zero-order valence-corrected chi connectivity index (χ0v) is 9.28. The third-order valence-corrected chi connectivity index (χ3v) is 1.72. The Labute approximate surface area is 89.6 Å². The number of carbonyl (C=O) groups excluding carboxylic acids is 2. The lowest BCUT2D eigenvalue weighted by Gasteiger charge is -2.02.